The molecule has 1 aromatic heterocycles. The van der Waals surface area contributed by atoms with Crippen LogP contribution in [0.4, 0.5) is 0 Å². The molecular weight excluding hydrogens is 184 g/mol. The second-order valence-electron chi connectivity index (χ2n) is 2.26. The van der Waals surface area contributed by atoms with Gasteiger partial charge in [-0.3, -0.25) is 4.79 Å². The number of hydrogen-bond acceptors (Lipinski definition) is 3. The van der Waals surface area contributed by atoms with Crippen molar-refractivity contribution in [2.75, 3.05) is 13.1 Å². The largest absolute Gasteiger partial charge is 0.344 e. The Bertz CT molecular complexity index is 321. The zero-order valence-corrected chi connectivity index (χ0v) is 7.86. The number of thiophene rings is 1. The maximum absolute atomic E-state index is 10.7. The van der Waals surface area contributed by atoms with E-state index in [9.17, 15) is 4.79 Å². The molecule has 0 aliphatic carbocycles. The molecule has 1 aromatic rings. The van der Waals surface area contributed by atoms with E-state index < -0.39 is 0 Å². The van der Waals surface area contributed by atoms with Crippen LogP contribution >= 0.6 is 11.3 Å². The van der Waals surface area contributed by atoms with Gasteiger partial charge in [-0.05, 0) is 11.4 Å². The summed E-state index contributed by atoms with van der Waals surface area (Å²) in [6.07, 6.45) is 0. The SMILES string of the molecule is NCC(=O)NCC#Cc1cccs1. The number of nitrogens with one attached hydrogen (secondary N) is 1. The first-order valence-electron chi connectivity index (χ1n) is 3.82. The highest BCUT2D eigenvalue weighted by Gasteiger charge is 1.91. The number of amides is 1. The summed E-state index contributed by atoms with van der Waals surface area (Å²) < 4.78 is 0. The lowest BCUT2D eigenvalue weighted by Crippen LogP contribution is -2.30. The number of carbonyl (C=O) groups is 1. The normalized spacial score (nSPS) is 8.69. The standard InChI is InChI=1S/C9H10N2OS/c10-7-9(12)11-5-1-3-8-4-2-6-13-8/h2,4,6H,5,7,10H2,(H,11,12). The second-order valence-corrected chi connectivity index (χ2v) is 3.21. The Hall–Kier alpha value is -1.31. The Kier molecular flexibility index (Phi) is 4.03. The number of hydrogen-bond donors (Lipinski definition) is 2. The molecule has 0 atom stereocenters. The predicted molar refractivity (Wildman–Crippen MR) is 53.3 cm³/mol. The first-order chi connectivity index (χ1) is 6.33. The van der Waals surface area contributed by atoms with Gasteiger partial charge in [0.25, 0.3) is 0 Å². The molecule has 4 heteroatoms. The summed E-state index contributed by atoms with van der Waals surface area (Å²) in [6, 6.07) is 3.87. The van der Waals surface area contributed by atoms with Gasteiger partial charge in [0, 0.05) is 0 Å². The van der Waals surface area contributed by atoms with Crippen LogP contribution in [0.25, 0.3) is 0 Å². The van der Waals surface area contributed by atoms with Crippen LogP contribution in [0.1, 0.15) is 4.88 Å². The Morgan fingerprint density at radius 1 is 1.69 bits per heavy atom. The van der Waals surface area contributed by atoms with Gasteiger partial charge in [-0.15, -0.1) is 11.3 Å². The van der Waals surface area contributed by atoms with E-state index in [-0.39, 0.29) is 12.5 Å². The van der Waals surface area contributed by atoms with Crippen molar-refractivity contribution in [1.29, 1.82) is 0 Å². The van der Waals surface area contributed by atoms with Crippen molar-refractivity contribution >= 4 is 17.2 Å². The van der Waals surface area contributed by atoms with Gasteiger partial charge in [0.1, 0.15) is 0 Å². The fourth-order valence-corrected chi connectivity index (χ4v) is 1.29. The molecular formula is C9H10N2OS. The Labute approximate surface area is 80.9 Å². The first-order valence-corrected chi connectivity index (χ1v) is 4.70. The van der Waals surface area contributed by atoms with Crippen molar-refractivity contribution in [3.05, 3.63) is 22.4 Å². The summed E-state index contributed by atoms with van der Waals surface area (Å²) in [4.78, 5) is 11.7. The van der Waals surface area contributed by atoms with Crippen LogP contribution in [0.15, 0.2) is 17.5 Å². The van der Waals surface area contributed by atoms with E-state index >= 15 is 0 Å². The topological polar surface area (TPSA) is 55.1 Å². The fraction of sp³-hybridized carbons (Fsp3) is 0.222. The molecule has 0 aliphatic heterocycles. The molecule has 0 radical (unpaired) electrons. The molecule has 68 valence electrons. The maximum atomic E-state index is 10.7. The smallest absolute Gasteiger partial charge is 0.234 e. The quantitative estimate of drug-likeness (QED) is 0.660. The van der Waals surface area contributed by atoms with Gasteiger partial charge in [0.05, 0.1) is 18.0 Å². The molecule has 3 N–H and O–H groups in total. The summed E-state index contributed by atoms with van der Waals surface area (Å²) >= 11 is 1.58. The van der Waals surface area contributed by atoms with E-state index in [1.165, 1.54) is 0 Å². The number of nitrogens with two attached hydrogens (primary N) is 1. The van der Waals surface area contributed by atoms with E-state index in [1.54, 1.807) is 11.3 Å². The average Bonchev–Trinajstić information content (AvgIpc) is 2.64. The molecule has 0 aliphatic rings. The van der Waals surface area contributed by atoms with Gasteiger partial charge in [-0.2, -0.15) is 0 Å². The monoisotopic (exact) mass is 194 g/mol. The molecule has 0 saturated carbocycles. The number of rotatable bonds is 2. The van der Waals surface area contributed by atoms with Crippen LogP contribution in [0.5, 0.6) is 0 Å². The van der Waals surface area contributed by atoms with E-state index in [0.717, 1.165) is 4.88 Å². The Morgan fingerprint density at radius 2 is 2.54 bits per heavy atom. The van der Waals surface area contributed by atoms with E-state index in [0.29, 0.717) is 6.54 Å². The summed E-state index contributed by atoms with van der Waals surface area (Å²) in [5, 5.41) is 4.52. The van der Waals surface area contributed by atoms with Crippen LogP contribution in [0.3, 0.4) is 0 Å². The van der Waals surface area contributed by atoms with Crippen molar-refractivity contribution in [1.82, 2.24) is 5.32 Å². The Morgan fingerprint density at radius 3 is 3.15 bits per heavy atom. The van der Waals surface area contributed by atoms with Gasteiger partial charge in [0.2, 0.25) is 5.91 Å². The lowest BCUT2D eigenvalue weighted by Gasteiger charge is -1.94. The summed E-state index contributed by atoms with van der Waals surface area (Å²) in [7, 11) is 0. The summed E-state index contributed by atoms with van der Waals surface area (Å²) in [5.74, 6) is 5.56. The molecule has 0 saturated heterocycles. The summed E-state index contributed by atoms with van der Waals surface area (Å²) in [6.45, 7) is 0.370. The van der Waals surface area contributed by atoms with Crippen molar-refractivity contribution in [2.24, 2.45) is 5.73 Å². The van der Waals surface area contributed by atoms with Crippen LogP contribution in [-0.4, -0.2) is 19.0 Å². The molecule has 0 bridgehead atoms. The van der Waals surface area contributed by atoms with Gasteiger partial charge < -0.3 is 11.1 Å². The van der Waals surface area contributed by atoms with Crippen LogP contribution in [-0.2, 0) is 4.79 Å². The molecule has 13 heavy (non-hydrogen) atoms. The molecule has 1 rings (SSSR count). The van der Waals surface area contributed by atoms with E-state index in [2.05, 4.69) is 17.2 Å². The van der Waals surface area contributed by atoms with Gasteiger partial charge in [-0.1, -0.05) is 17.9 Å². The van der Waals surface area contributed by atoms with Gasteiger partial charge in [-0.25, -0.2) is 0 Å². The van der Waals surface area contributed by atoms with Gasteiger partial charge in [0.15, 0.2) is 0 Å². The zero-order valence-electron chi connectivity index (χ0n) is 7.04. The molecule has 0 fully saturated rings. The van der Waals surface area contributed by atoms with E-state index in [4.69, 9.17) is 5.73 Å². The van der Waals surface area contributed by atoms with Crippen molar-refractivity contribution in [2.45, 2.75) is 0 Å². The highest BCUT2D eigenvalue weighted by Crippen LogP contribution is 2.04. The third kappa shape index (κ3) is 3.74. The van der Waals surface area contributed by atoms with Crippen molar-refractivity contribution in [3.63, 3.8) is 0 Å². The molecule has 0 unspecified atom stereocenters. The lowest BCUT2D eigenvalue weighted by atomic mass is 10.4. The zero-order chi connectivity index (χ0) is 9.52. The third-order valence-corrected chi connectivity index (χ3v) is 2.08. The molecule has 0 spiro atoms. The van der Waals surface area contributed by atoms with E-state index in [1.807, 2.05) is 17.5 Å². The van der Waals surface area contributed by atoms with Crippen molar-refractivity contribution in [3.8, 4) is 11.8 Å². The Balaban J connectivity index is 2.30. The first kappa shape index (κ1) is 9.78. The fourth-order valence-electron chi connectivity index (χ4n) is 0.696. The average molecular weight is 194 g/mol. The predicted octanol–water partition coefficient (Wildman–Crippen LogP) is 0.175. The van der Waals surface area contributed by atoms with Crippen LogP contribution < -0.4 is 11.1 Å². The van der Waals surface area contributed by atoms with Crippen LogP contribution in [0, 0.1) is 11.8 Å². The minimum absolute atomic E-state index is 0.0146. The summed E-state index contributed by atoms with van der Waals surface area (Å²) in [5.41, 5.74) is 5.09. The number of carbonyl (C=O) groups excluding carboxylic acids is 1. The molecule has 0 aromatic carbocycles. The second kappa shape index (κ2) is 5.36. The highest BCUT2D eigenvalue weighted by molar-refractivity contribution is 7.10. The molecule has 1 heterocycles. The maximum Gasteiger partial charge on any atom is 0.234 e. The van der Waals surface area contributed by atoms with Crippen LogP contribution in [0.2, 0.25) is 0 Å². The van der Waals surface area contributed by atoms with Gasteiger partial charge >= 0.3 is 0 Å². The lowest BCUT2D eigenvalue weighted by molar-refractivity contribution is -0.119. The highest BCUT2D eigenvalue weighted by atomic mass is 32.1. The minimum Gasteiger partial charge on any atom is -0.344 e. The molecule has 1 amide bonds. The van der Waals surface area contributed by atoms with Crippen molar-refractivity contribution < 1.29 is 4.79 Å². The molecule has 3 nitrogen and oxygen atoms in total. The third-order valence-electron chi connectivity index (χ3n) is 1.29. The minimum atomic E-state index is -0.180.